The molecule has 2 aromatic carbocycles. The van der Waals surface area contributed by atoms with Crippen molar-refractivity contribution in [1.29, 1.82) is 0 Å². The standard InChI is InChI=1S/C23H24N6O4/c1-2-3-4-21-26-13-18(29(21)14-15-5-7-16(8-6-15)22(30)31)12-25-20-11-17(27-28-24)9-10-19(20)23(32)33/h5-11,13,25H,2-4,12,14H2,1H3,(H,30,31)(H,32,33)/i12T,13T. The minimum Gasteiger partial charge on any atom is -0.478 e. The van der Waals surface area contributed by atoms with Crippen molar-refractivity contribution in [3.8, 4) is 0 Å². The number of benzene rings is 2. The van der Waals surface area contributed by atoms with Gasteiger partial charge in [0.1, 0.15) is 5.82 Å². The summed E-state index contributed by atoms with van der Waals surface area (Å²) in [7, 11) is 0. The predicted molar refractivity (Wildman–Crippen MR) is 123 cm³/mol. The molecule has 0 spiro atoms. The molecular weight excluding hydrogens is 424 g/mol. The Kier molecular flexibility index (Phi) is 6.76. The smallest absolute Gasteiger partial charge is 0.337 e. The number of rotatable bonds is 11. The molecule has 0 aliphatic carbocycles. The topological polar surface area (TPSA) is 153 Å². The van der Waals surface area contributed by atoms with Gasteiger partial charge in [-0.3, -0.25) is 0 Å². The van der Waals surface area contributed by atoms with Gasteiger partial charge in [-0.1, -0.05) is 36.7 Å². The van der Waals surface area contributed by atoms with Crippen molar-refractivity contribution in [2.75, 3.05) is 5.32 Å². The van der Waals surface area contributed by atoms with E-state index in [0.29, 0.717) is 12.2 Å². The first-order chi connectivity index (χ1) is 16.7. The van der Waals surface area contributed by atoms with Crippen LogP contribution in [-0.2, 0) is 19.5 Å². The maximum Gasteiger partial charge on any atom is 0.337 e. The Morgan fingerprint density at radius 1 is 1.24 bits per heavy atom. The van der Waals surface area contributed by atoms with Crippen LogP contribution in [0.3, 0.4) is 0 Å². The lowest BCUT2D eigenvalue weighted by molar-refractivity contribution is 0.0686. The zero-order valence-electron chi connectivity index (χ0n) is 19.9. The summed E-state index contributed by atoms with van der Waals surface area (Å²) in [5, 5.41) is 25.0. The summed E-state index contributed by atoms with van der Waals surface area (Å²) in [4.78, 5) is 29.9. The van der Waals surface area contributed by atoms with E-state index in [2.05, 4.69) is 20.3 Å². The van der Waals surface area contributed by atoms with Crippen molar-refractivity contribution in [2.24, 2.45) is 5.11 Å². The minimum atomic E-state index is -1.26. The summed E-state index contributed by atoms with van der Waals surface area (Å²) < 4.78 is 18.9. The van der Waals surface area contributed by atoms with Crippen LogP contribution in [0.5, 0.6) is 0 Å². The highest BCUT2D eigenvalue weighted by Crippen LogP contribution is 2.24. The number of anilines is 1. The average molecular weight is 452 g/mol. The van der Waals surface area contributed by atoms with Crippen molar-refractivity contribution >= 4 is 23.3 Å². The first kappa shape index (κ1) is 20.6. The molecule has 1 heterocycles. The number of aromatic nitrogens is 2. The number of imidazole rings is 1. The highest BCUT2D eigenvalue weighted by Gasteiger charge is 2.14. The number of hydrogen-bond acceptors (Lipinski definition) is 5. The zero-order chi connectivity index (χ0) is 25.5. The van der Waals surface area contributed by atoms with E-state index < -0.39 is 18.5 Å². The van der Waals surface area contributed by atoms with E-state index in [-0.39, 0.29) is 40.9 Å². The Bertz CT molecular complexity index is 1290. The molecule has 0 bridgehead atoms. The van der Waals surface area contributed by atoms with E-state index in [1.807, 2.05) is 6.92 Å². The molecule has 1 atom stereocenters. The molecule has 3 aromatic rings. The number of carbonyl (C=O) groups is 2. The van der Waals surface area contributed by atoms with Gasteiger partial charge >= 0.3 is 11.9 Å². The normalized spacial score (nSPS) is 12.3. The average Bonchev–Trinajstić information content (AvgIpc) is 3.12. The highest BCUT2D eigenvalue weighted by atomic mass is 16.4. The third-order valence-corrected chi connectivity index (χ3v) is 4.96. The number of nitrogens with one attached hydrogen (secondary N) is 1. The number of hydrogen-bond donors (Lipinski definition) is 3. The van der Waals surface area contributed by atoms with Gasteiger partial charge in [-0.25, -0.2) is 14.6 Å². The quantitative estimate of drug-likeness (QED) is 0.206. The predicted octanol–water partition coefficient (Wildman–Crippen LogP) is 5.22. The van der Waals surface area contributed by atoms with Crippen LogP contribution in [0.15, 0.2) is 53.8 Å². The lowest BCUT2D eigenvalue weighted by Gasteiger charge is -2.15. The molecule has 0 amide bonds. The van der Waals surface area contributed by atoms with Crippen LogP contribution in [0.4, 0.5) is 11.4 Å². The van der Waals surface area contributed by atoms with Gasteiger partial charge in [0, 0.05) is 29.3 Å². The summed E-state index contributed by atoms with van der Waals surface area (Å²) >= 11 is 0. The summed E-state index contributed by atoms with van der Waals surface area (Å²) in [6, 6.07) is 10.3. The Morgan fingerprint density at radius 2 is 2.00 bits per heavy atom. The fourth-order valence-corrected chi connectivity index (χ4v) is 3.23. The molecule has 3 N–H and O–H groups in total. The van der Waals surface area contributed by atoms with Gasteiger partial charge in [0.05, 0.1) is 32.3 Å². The van der Waals surface area contributed by atoms with Crippen LogP contribution < -0.4 is 5.32 Å². The summed E-state index contributed by atoms with van der Waals surface area (Å²) in [6.45, 7) is 1.02. The molecule has 1 aromatic heterocycles. The number of carboxylic acids is 2. The minimum absolute atomic E-state index is 0.0652. The van der Waals surface area contributed by atoms with Crippen molar-refractivity contribution in [3.05, 3.63) is 87.3 Å². The van der Waals surface area contributed by atoms with E-state index in [0.717, 1.165) is 18.4 Å². The number of nitrogens with zero attached hydrogens (tertiary/aromatic N) is 5. The van der Waals surface area contributed by atoms with Crippen molar-refractivity contribution < 1.29 is 22.5 Å². The number of unbranched alkanes of at least 4 members (excludes halogenated alkanes) is 1. The maximum atomic E-state index is 11.7. The molecular formula is C23H24N6O4. The first-order valence-electron chi connectivity index (χ1n) is 11.3. The van der Waals surface area contributed by atoms with Crippen LogP contribution in [-0.4, -0.2) is 31.7 Å². The van der Waals surface area contributed by atoms with E-state index in [1.54, 1.807) is 16.7 Å². The Balaban J connectivity index is 2.01. The summed E-state index contributed by atoms with van der Waals surface area (Å²) in [5.41, 5.74) is 9.95. The number of aromatic carboxylic acids is 2. The fraction of sp³-hybridized carbons (Fsp3) is 0.261. The molecule has 0 aliphatic heterocycles. The van der Waals surface area contributed by atoms with Gasteiger partial charge < -0.3 is 20.1 Å². The SMILES string of the molecule is [3H]c1nc(CCCC)n(Cc2ccc(C(=O)O)cc2)c1C([3H])Nc1cc(N=[N+]=[N-])ccc1C(=O)O. The first-order valence-corrected chi connectivity index (χ1v) is 10.2. The summed E-state index contributed by atoms with van der Waals surface area (Å²) in [5.74, 6) is -1.66. The molecule has 10 nitrogen and oxygen atoms in total. The Morgan fingerprint density at radius 3 is 2.64 bits per heavy atom. The van der Waals surface area contributed by atoms with E-state index in [4.69, 9.17) is 13.4 Å². The van der Waals surface area contributed by atoms with Crippen molar-refractivity contribution in [1.82, 2.24) is 9.55 Å². The third-order valence-electron chi connectivity index (χ3n) is 4.96. The van der Waals surface area contributed by atoms with Gasteiger partial charge in [-0.15, -0.1) is 0 Å². The molecule has 0 radical (unpaired) electrons. The van der Waals surface area contributed by atoms with Crippen molar-refractivity contribution in [3.63, 3.8) is 0 Å². The third kappa shape index (κ3) is 5.90. The number of carboxylic acid groups (broad SMARTS) is 2. The fourth-order valence-electron chi connectivity index (χ4n) is 3.23. The molecule has 170 valence electrons. The molecule has 10 heteroatoms. The van der Waals surface area contributed by atoms with Crippen LogP contribution >= 0.6 is 0 Å². The molecule has 0 aliphatic rings. The number of azide groups is 1. The second-order valence-electron chi connectivity index (χ2n) is 7.23. The second-order valence-corrected chi connectivity index (χ2v) is 7.23. The summed E-state index contributed by atoms with van der Waals surface area (Å²) in [6.07, 6.45) is 2.18. The van der Waals surface area contributed by atoms with Gasteiger partial charge in [0.2, 0.25) is 0 Å². The molecule has 0 saturated carbocycles. The molecule has 0 saturated heterocycles. The van der Waals surface area contributed by atoms with E-state index in [9.17, 15) is 14.7 Å². The van der Waals surface area contributed by atoms with Crippen LogP contribution in [0.2, 0.25) is 0 Å². The van der Waals surface area contributed by atoms with Gasteiger partial charge in [-0.2, -0.15) is 0 Å². The highest BCUT2D eigenvalue weighted by molar-refractivity contribution is 5.95. The van der Waals surface area contributed by atoms with Crippen molar-refractivity contribution in [2.45, 2.75) is 39.3 Å². The number of aryl methyl sites for hydroxylation is 1. The van der Waals surface area contributed by atoms with Gasteiger partial charge in [-0.05, 0) is 41.8 Å². The lowest BCUT2D eigenvalue weighted by Crippen LogP contribution is -2.13. The molecule has 33 heavy (non-hydrogen) atoms. The van der Waals surface area contributed by atoms with Crippen LogP contribution in [0.25, 0.3) is 10.4 Å². The Hall–Kier alpha value is -4.30. The maximum absolute atomic E-state index is 11.7. The largest absolute Gasteiger partial charge is 0.478 e. The molecule has 1 unspecified atom stereocenters. The molecule has 0 fully saturated rings. The van der Waals surface area contributed by atoms with E-state index >= 15 is 0 Å². The monoisotopic (exact) mass is 452 g/mol. The van der Waals surface area contributed by atoms with Gasteiger partial charge in [0.25, 0.3) is 0 Å². The van der Waals surface area contributed by atoms with Gasteiger partial charge in [0.15, 0.2) is 0 Å². The second kappa shape index (κ2) is 10.8. The van der Waals surface area contributed by atoms with E-state index in [1.165, 1.54) is 30.3 Å². The van der Waals surface area contributed by atoms with Crippen LogP contribution in [0, 0.1) is 0 Å². The van der Waals surface area contributed by atoms with Crippen LogP contribution in [0.1, 0.15) is 60.3 Å². The lowest BCUT2D eigenvalue weighted by atomic mass is 10.1. The Labute approximate surface area is 193 Å². The molecule has 3 rings (SSSR count). The zero-order valence-corrected chi connectivity index (χ0v) is 17.9.